The summed E-state index contributed by atoms with van der Waals surface area (Å²) in [5.74, 6) is 2.19. The Labute approximate surface area is 106 Å². The lowest BCUT2D eigenvalue weighted by Crippen LogP contribution is -2.28. The lowest BCUT2D eigenvalue weighted by atomic mass is 10.2. The third-order valence-electron chi connectivity index (χ3n) is 2.72. The molecule has 1 heterocycles. The zero-order valence-corrected chi connectivity index (χ0v) is 11.2. The highest BCUT2D eigenvalue weighted by atomic mass is 32.1. The normalized spacial score (nSPS) is 14.9. The molecular formula is C12H18N4S. The standard InChI is InChI=1S/C12H18N4S/c1-9(2)8-16(7-3-6-13)12-14-11(15-17-12)10-4-5-10/h9-10H,3-5,7-8H2,1-2H3. The largest absolute Gasteiger partial charge is 0.346 e. The van der Waals surface area contributed by atoms with Crippen LogP contribution in [0.3, 0.4) is 0 Å². The third-order valence-corrected chi connectivity index (χ3v) is 3.51. The number of aromatic nitrogens is 2. The minimum atomic E-state index is 0.547. The summed E-state index contributed by atoms with van der Waals surface area (Å²) in [6, 6.07) is 2.20. The molecule has 17 heavy (non-hydrogen) atoms. The molecule has 1 aromatic rings. The molecule has 0 radical (unpaired) electrons. The van der Waals surface area contributed by atoms with E-state index >= 15 is 0 Å². The van der Waals surface area contributed by atoms with Crippen LogP contribution in [0.25, 0.3) is 0 Å². The van der Waals surface area contributed by atoms with E-state index in [4.69, 9.17) is 5.26 Å². The monoisotopic (exact) mass is 250 g/mol. The van der Waals surface area contributed by atoms with E-state index in [2.05, 4.69) is 34.2 Å². The van der Waals surface area contributed by atoms with Crippen molar-refractivity contribution in [2.24, 2.45) is 5.92 Å². The lowest BCUT2D eigenvalue weighted by Gasteiger charge is -2.22. The van der Waals surface area contributed by atoms with Crippen molar-refractivity contribution < 1.29 is 0 Å². The van der Waals surface area contributed by atoms with Gasteiger partial charge in [-0.3, -0.25) is 0 Å². The fourth-order valence-electron chi connectivity index (χ4n) is 1.75. The molecule has 0 atom stereocenters. The summed E-state index contributed by atoms with van der Waals surface area (Å²) >= 11 is 1.47. The number of nitriles is 1. The van der Waals surface area contributed by atoms with Gasteiger partial charge in [-0.15, -0.1) is 0 Å². The summed E-state index contributed by atoms with van der Waals surface area (Å²) < 4.78 is 4.42. The highest BCUT2D eigenvalue weighted by Crippen LogP contribution is 2.39. The van der Waals surface area contributed by atoms with Crippen molar-refractivity contribution in [1.29, 1.82) is 5.26 Å². The molecule has 1 aliphatic carbocycles. The van der Waals surface area contributed by atoms with E-state index in [-0.39, 0.29) is 0 Å². The van der Waals surface area contributed by atoms with E-state index < -0.39 is 0 Å². The molecule has 0 unspecified atom stereocenters. The van der Waals surface area contributed by atoms with Crippen LogP contribution >= 0.6 is 11.5 Å². The van der Waals surface area contributed by atoms with Gasteiger partial charge in [0.15, 0.2) is 0 Å². The smallest absolute Gasteiger partial charge is 0.205 e. The molecule has 5 heteroatoms. The van der Waals surface area contributed by atoms with Crippen LogP contribution in [-0.4, -0.2) is 22.4 Å². The Hall–Kier alpha value is -1.15. The van der Waals surface area contributed by atoms with Crippen molar-refractivity contribution in [3.05, 3.63) is 5.82 Å². The Morgan fingerprint density at radius 3 is 2.88 bits per heavy atom. The molecule has 0 spiro atoms. The average molecular weight is 250 g/mol. The summed E-state index contributed by atoms with van der Waals surface area (Å²) in [4.78, 5) is 6.79. The maximum Gasteiger partial charge on any atom is 0.205 e. The van der Waals surface area contributed by atoms with Crippen molar-refractivity contribution in [1.82, 2.24) is 9.36 Å². The van der Waals surface area contributed by atoms with Gasteiger partial charge in [-0.2, -0.15) is 9.64 Å². The Bertz CT molecular complexity index is 403. The first kappa shape index (κ1) is 12.3. The van der Waals surface area contributed by atoms with Crippen LogP contribution in [0.15, 0.2) is 0 Å². The van der Waals surface area contributed by atoms with Crippen molar-refractivity contribution in [2.75, 3.05) is 18.0 Å². The van der Waals surface area contributed by atoms with Crippen molar-refractivity contribution in [3.8, 4) is 6.07 Å². The molecular weight excluding hydrogens is 232 g/mol. The first-order chi connectivity index (χ1) is 8.20. The second-order valence-electron chi connectivity index (χ2n) is 4.96. The van der Waals surface area contributed by atoms with Gasteiger partial charge in [-0.25, -0.2) is 4.98 Å². The van der Waals surface area contributed by atoms with Crippen molar-refractivity contribution in [3.63, 3.8) is 0 Å². The molecule has 92 valence electrons. The predicted octanol–water partition coefficient (Wildman–Crippen LogP) is 2.79. The molecule has 0 bridgehead atoms. The van der Waals surface area contributed by atoms with Gasteiger partial charge in [0.05, 0.1) is 12.5 Å². The van der Waals surface area contributed by atoms with Gasteiger partial charge < -0.3 is 4.90 Å². The molecule has 0 aromatic carbocycles. The highest BCUT2D eigenvalue weighted by Gasteiger charge is 2.28. The predicted molar refractivity (Wildman–Crippen MR) is 69.2 cm³/mol. The van der Waals surface area contributed by atoms with E-state index in [9.17, 15) is 0 Å². The van der Waals surface area contributed by atoms with Gasteiger partial charge in [0, 0.05) is 30.5 Å². The van der Waals surface area contributed by atoms with Gasteiger partial charge in [0.25, 0.3) is 0 Å². The maximum absolute atomic E-state index is 8.69. The van der Waals surface area contributed by atoms with Crippen LogP contribution in [0.1, 0.15) is 44.9 Å². The first-order valence-corrected chi connectivity index (χ1v) is 6.93. The molecule has 4 nitrogen and oxygen atoms in total. The molecule has 1 saturated carbocycles. The Balaban J connectivity index is 2.03. The average Bonchev–Trinajstić information content (AvgIpc) is 3.02. The number of nitrogens with zero attached hydrogens (tertiary/aromatic N) is 4. The Kier molecular flexibility index (Phi) is 3.95. The SMILES string of the molecule is CC(C)CN(CCC#N)c1nc(C2CC2)ns1. The van der Waals surface area contributed by atoms with E-state index in [1.165, 1.54) is 24.4 Å². The topological polar surface area (TPSA) is 52.8 Å². The van der Waals surface area contributed by atoms with Crippen LogP contribution in [-0.2, 0) is 0 Å². The van der Waals surface area contributed by atoms with Crippen LogP contribution < -0.4 is 4.90 Å². The van der Waals surface area contributed by atoms with Crippen molar-refractivity contribution in [2.45, 2.75) is 39.0 Å². The Morgan fingerprint density at radius 2 is 2.29 bits per heavy atom. The van der Waals surface area contributed by atoms with Gasteiger partial charge >= 0.3 is 0 Å². The molecule has 0 aliphatic heterocycles. The van der Waals surface area contributed by atoms with Crippen LogP contribution in [0.2, 0.25) is 0 Å². The lowest BCUT2D eigenvalue weighted by molar-refractivity contribution is 0.610. The quantitative estimate of drug-likeness (QED) is 0.779. The summed E-state index contributed by atoms with van der Waals surface area (Å²) in [6.45, 7) is 6.07. The zero-order chi connectivity index (χ0) is 12.3. The zero-order valence-electron chi connectivity index (χ0n) is 10.4. The second kappa shape index (κ2) is 5.46. The van der Waals surface area contributed by atoms with E-state index in [1.807, 2.05) is 0 Å². The van der Waals surface area contributed by atoms with E-state index in [0.717, 1.165) is 24.0 Å². The summed E-state index contributed by atoms with van der Waals surface area (Å²) in [5, 5.41) is 9.67. The van der Waals surface area contributed by atoms with Crippen LogP contribution in [0.4, 0.5) is 5.13 Å². The minimum absolute atomic E-state index is 0.547. The summed E-state index contributed by atoms with van der Waals surface area (Å²) in [5.41, 5.74) is 0. The number of anilines is 1. The summed E-state index contributed by atoms with van der Waals surface area (Å²) in [6.07, 6.45) is 3.02. The van der Waals surface area contributed by atoms with Crippen LogP contribution in [0, 0.1) is 17.2 Å². The second-order valence-corrected chi connectivity index (χ2v) is 5.69. The molecule has 2 rings (SSSR count). The highest BCUT2D eigenvalue weighted by molar-refractivity contribution is 7.09. The van der Waals surface area contributed by atoms with Gasteiger partial charge in [0.1, 0.15) is 5.82 Å². The first-order valence-electron chi connectivity index (χ1n) is 6.16. The molecule has 1 aromatic heterocycles. The van der Waals surface area contributed by atoms with E-state index in [0.29, 0.717) is 18.3 Å². The molecule has 1 aliphatic rings. The Morgan fingerprint density at radius 1 is 1.53 bits per heavy atom. The molecule has 0 amide bonds. The molecule has 1 fully saturated rings. The minimum Gasteiger partial charge on any atom is -0.346 e. The van der Waals surface area contributed by atoms with E-state index in [1.54, 1.807) is 0 Å². The molecule has 0 saturated heterocycles. The fourth-order valence-corrected chi connectivity index (χ4v) is 2.53. The van der Waals surface area contributed by atoms with Gasteiger partial charge in [-0.05, 0) is 18.8 Å². The van der Waals surface area contributed by atoms with Crippen molar-refractivity contribution >= 4 is 16.7 Å². The van der Waals surface area contributed by atoms with Gasteiger partial charge in [0.2, 0.25) is 5.13 Å². The maximum atomic E-state index is 8.69. The number of hydrogen-bond acceptors (Lipinski definition) is 5. The number of rotatable bonds is 6. The summed E-state index contributed by atoms with van der Waals surface area (Å²) in [7, 11) is 0. The van der Waals surface area contributed by atoms with Crippen LogP contribution in [0.5, 0.6) is 0 Å². The number of hydrogen-bond donors (Lipinski definition) is 0. The third kappa shape index (κ3) is 3.40. The fraction of sp³-hybridized carbons (Fsp3) is 0.750. The van der Waals surface area contributed by atoms with Gasteiger partial charge in [-0.1, -0.05) is 13.8 Å². The molecule has 0 N–H and O–H groups in total.